The lowest BCUT2D eigenvalue weighted by atomic mass is 10.3. The minimum absolute atomic E-state index is 0.535. The number of hydrogen-bond acceptors (Lipinski definition) is 4. The Balaban J connectivity index is 2.72. The second-order valence-electron chi connectivity index (χ2n) is 1.77. The van der Waals surface area contributed by atoms with Crippen LogP contribution in [0.3, 0.4) is 0 Å². The smallest absolute Gasteiger partial charge is 0.235 e. The molecule has 0 N–H and O–H groups in total. The Kier molecular flexibility index (Phi) is 2.27. The molecule has 56 valence electrons. The Labute approximate surface area is 62.6 Å². The molecule has 0 atom stereocenters. The maximum atomic E-state index is 9.85. The third kappa shape index (κ3) is 2.53. The van der Waals surface area contributed by atoms with Crippen LogP contribution in [0.1, 0.15) is 5.56 Å². The first-order valence-corrected chi connectivity index (χ1v) is 2.86. The standard InChI is InChI=1S/C6H5N3O2/c10-9(11)2-1-6-3-7-5-8-4-6/h1-5H/b2-1+. The molecule has 0 fully saturated rings. The van der Waals surface area contributed by atoms with E-state index in [0.717, 1.165) is 6.20 Å². The Morgan fingerprint density at radius 3 is 2.64 bits per heavy atom. The van der Waals surface area contributed by atoms with E-state index in [2.05, 4.69) is 9.97 Å². The van der Waals surface area contributed by atoms with Gasteiger partial charge in [0.25, 0.3) is 0 Å². The predicted octanol–water partition coefficient (Wildman–Crippen LogP) is 0.724. The van der Waals surface area contributed by atoms with Gasteiger partial charge in [0.15, 0.2) is 0 Å². The molecule has 0 bridgehead atoms. The molecule has 0 aliphatic heterocycles. The highest BCUT2D eigenvalue weighted by molar-refractivity contribution is 5.44. The molecule has 0 saturated heterocycles. The van der Waals surface area contributed by atoms with Gasteiger partial charge in [0.1, 0.15) is 6.33 Å². The van der Waals surface area contributed by atoms with Crippen molar-refractivity contribution in [2.24, 2.45) is 0 Å². The SMILES string of the molecule is O=[N+]([O-])/C=C/c1cncnc1. The first-order valence-electron chi connectivity index (χ1n) is 2.86. The molecule has 1 aromatic rings. The first-order chi connectivity index (χ1) is 5.29. The fourth-order valence-corrected chi connectivity index (χ4v) is 0.544. The van der Waals surface area contributed by atoms with Crippen molar-refractivity contribution in [3.63, 3.8) is 0 Å². The summed E-state index contributed by atoms with van der Waals surface area (Å²) in [5.74, 6) is 0. The highest BCUT2D eigenvalue weighted by Crippen LogP contribution is 1.95. The van der Waals surface area contributed by atoms with Gasteiger partial charge in [0, 0.05) is 24.0 Å². The highest BCUT2D eigenvalue weighted by atomic mass is 16.6. The summed E-state index contributed by atoms with van der Waals surface area (Å²) >= 11 is 0. The van der Waals surface area contributed by atoms with Crippen LogP contribution in [0, 0.1) is 10.1 Å². The van der Waals surface area contributed by atoms with Gasteiger partial charge in [-0.3, -0.25) is 10.1 Å². The quantitative estimate of drug-likeness (QED) is 0.461. The average molecular weight is 151 g/mol. The van der Waals surface area contributed by atoms with Crippen molar-refractivity contribution in [3.8, 4) is 0 Å². The van der Waals surface area contributed by atoms with E-state index in [9.17, 15) is 10.1 Å². The van der Waals surface area contributed by atoms with Gasteiger partial charge >= 0.3 is 0 Å². The van der Waals surface area contributed by atoms with Crippen LogP contribution in [-0.2, 0) is 0 Å². The van der Waals surface area contributed by atoms with Gasteiger partial charge in [-0.15, -0.1) is 0 Å². The van der Waals surface area contributed by atoms with E-state index in [1.165, 1.54) is 24.8 Å². The molecular weight excluding hydrogens is 146 g/mol. The summed E-state index contributed by atoms with van der Waals surface area (Å²) in [5.41, 5.74) is 0.615. The van der Waals surface area contributed by atoms with Gasteiger partial charge in [-0.25, -0.2) is 9.97 Å². The normalized spacial score (nSPS) is 10.2. The molecule has 0 aliphatic carbocycles. The van der Waals surface area contributed by atoms with Gasteiger partial charge < -0.3 is 0 Å². The van der Waals surface area contributed by atoms with E-state index >= 15 is 0 Å². The summed E-state index contributed by atoms with van der Waals surface area (Å²) in [6.07, 6.45) is 6.53. The van der Waals surface area contributed by atoms with Crippen LogP contribution < -0.4 is 0 Å². The van der Waals surface area contributed by atoms with E-state index < -0.39 is 4.92 Å². The molecule has 5 heteroatoms. The molecular formula is C6H5N3O2. The minimum Gasteiger partial charge on any atom is -0.259 e. The molecule has 0 aliphatic rings. The van der Waals surface area contributed by atoms with E-state index in [1.54, 1.807) is 0 Å². The Bertz CT molecular complexity index is 270. The molecule has 0 radical (unpaired) electrons. The molecule has 0 unspecified atom stereocenters. The number of hydrogen-bond donors (Lipinski definition) is 0. The highest BCUT2D eigenvalue weighted by Gasteiger charge is 1.88. The van der Waals surface area contributed by atoms with E-state index in [1.807, 2.05) is 0 Å². The van der Waals surface area contributed by atoms with Gasteiger partial charge in [0.2, 0.25) is 6.20 Å². The zero-order valence-corrected chi connectivity index (χ0v) is 5.54. The Hall–Kier alpha value is -1.78. The molecule has 1 rings (SSSR count). The fourth-order valence-electron chi connectivity index (χ4n) is 0.544. The first kappa shape index (κ1) is 7.33. The van der Waals surface area contributed by atoms with Crippen molar-refractivity contribution in [2.75, 3.05) is 0 Å². The number of rotatable bonds is 2. The van der Waals surface area contributed by atoms with Crippen LogP contribution in [0.15, 0.2) is 24.9 Å². The van der Waals surface area contributed by atoms with Crippen LogP contribution >= 0.6 is 0 Å². The molecule has 0 spiro atoms. The second-order valence-corrected chi connectivity index (χ2v) is 1.77. The lowest BCUT2D eigenvalue weighted by molar-refractivity contribution is -0.400. The third-order valence-electron chi connectivity index (χ3n) is 0.969. The zero-order chi connectivity index (χ0) is 8.10. The van der Waals surface area contributed by atoms with Crippen LogP contribution in [-0.4, -0.2) is 14.9 Å². The molecule has 0 amide bonds. The van der Waals surface area contributed by atoms with Crippen molar-refractivity contribution in [3.05, 3.63) is 40.6 Å². The summed E-state index contributed by atoms with van der Waals surface area (Å²) in [6, 6.07) is 0. The van der Waals surface area contributed by atoms with Crippen LogP contribution in [0.2, 0.25) is 0 Å². The van der Waals surface area contributed by atoms with Crippen molar-refractivity contribution >= 4 is 6.08 Å². The summed E-state index contributed by atoms with van der Waals surface area (Å²) < 4.78 is 0. The maximum Gasteiger partial charge on any atom is 0.235 e. The van der Waals surface area contributed by atoms with Gasteiger partial charge in [-0.05, 0) is 0 Å². The molecule has 0 saturated carbocycles. The van der Waals surface area contributed by atoms with E-state index in [-0.39, 0.29) is 0 Å². The van der Waals surface area contributed by atoms with Crippen LogP contribution in [0.4, 0.5) is 0 Å². The lowest BCUT2D eigenvalue weighted by Gasteiger charge is -1.85. The molecule has 1 aromatic heterocycles. The number of nitrogens with zero attached hydrogens (tertiary/aromatic N) is 3. The average Bonchev–Trinajstić information content (AvgIpc) is 2.03. The Morgan fingerprint density at radius 2 is 2.09 bits per heavy atom. The molecule has 1 heterocycles. The largest absolute Gasteiger partial charge is 0.259 e. The number of nitro groups is 1. The Morgan fingerprint density at radius 1 is 1.45 bits per heavy atom. The van der Waals surface area contributed by atoms with Crippen molar-refractivity contribution in [2.45, 2.75) is 0 Å². The van der Waals surface area contributed by atoms with Crippen molar-refractivity contribution in [1.82, 2.24) is 9.97 Å². The van der Waals surface area contributed by atoms with Gasteiger partial charge in [-0.1, -0.05) is 0 Å². The number of aromatic nitrogens is 2. The molecule has 5 nitrogen and oxygen atoms in total. The van der Waals surface area contributed by atoms with Crippen molar-refractivity contribution in [1.29, 1.82) is 0 Å². The predicted molar refractivity (Wildman–Crippen MR) is 38.1 cm³/mol. The van der Waals surface area contributed by atoms with Crippen LogP contribution in [0.5, 0.6) is 0 Å². The van der Waals surface area contributed by atoms with Gasteiger partial charge in [-0.2, -0.15) is 0 Å². The summed E-state index contributed by atoms with van der Waals surface area (Å²) in [5, 5.41) is 9.85. The fraction of sp³-hybridized carbons (Fsp3) is 0. The van der Waals surface area contributed by atoms with E-state index in [4.69, 9.17) is 0 Å². The van der Waals surface area contributed by atoms with Crippen molar-refractivity contribution < 1.29 is 4.92 Å². The summed E-state index contributed by atoms with van der Waals surface area (Å²) in [7, 11) is 0. The van der Waals surface area contributed by atoms with Crippen LogP contribution in [0.25, 0.3) is 6.08 Å². The topological polar surface area (TPSA) is 68.9 Å². The summed E-state index contributed by atoms with van der Waals surface area (Å²) in [6.45, 7) is 0. The monoisotopic (exact) mass is 151 g/mol. The van der Waals surface area contributed by atoms with Gasteiger partial charge in [0.05, 0.1) is 4.92 Å². The maximum absolute atomic E-state index is 9.85. The second kappa shape index (κ2) is 3.40. The summed E-state index contributed by atoms with van der Waals surface area (Å²) in [4.78, 5) is 16.7. The lowest BCUT2D eigenvalue weighted by Crippen LogP contribution is -1.83. The molecule has 0 aromatic carbocycles. The minimum atomic E-state index is -0.535. The third-order valence-corrected chi connectivity index (χ3v) is 0.969. The van der Waals surface area contributed by atoms with E-state index in [0.29, 0.717) is 5.56 Å². The molecule has 11 heavy (non-hydrogen) atoms. The zero-order valence-electron chi connectivity index (χ0n) is 5.54.